The van der Waals surface area contributed by atoms with Gasteiger partial charge < -0.3 is 10.1 Å². The molecule has 21 heavy (non-hydrogen) atoms. The van der Waals surface area contributed by atoms with Gasteiger partial charge in [-0.05, 0) is 36.0 Å². The summed E-state index contributed by atoms with van der Waals surface area (Å²) in [5.74, 6) is -0.454. The predicted octanol–water partition coefficient (Wildman–Crippen LogP) is 2.38. The predicted molar refractivity (Wildman–Crippen MR) is 82.8 cm³/mol. The van der Waals surface area contributed by atoms with Crippen molar-refractivity contribution < 1.29 is 14.3 Å². The zero-order valence-electron chi connectivity index (χ0n) is 13.4. The molecule has 1 fully saturated rings. The highest BCUT2D eigenvalue weighted by molar-refractivity contribution is 6.15. The van der Waals surface area contributed by atoms with E-state index in [0.29, 0.717) is 0 Å². The summed E-state index contributed by atoms with van der Waals surface area (Å²) in [5, 5.41) is 2.80. The molecule has 1 rings (SSSR count). The fourth-order valence-corrected chi connectivity index (χ4v) is 3.08. The van der Waals surface area contributed by atoms with E-state index >= 15 is 0 Å². The molecule has 122 valence electrons. The van der Waals surface area contributed by atoms with Crippen molar-refractivity contribution in [3.05, 3.63) is 0 Å². The molecule has 2 N–H and O–H groups in total. The Labute approximate surface area is 132 Å². The quantitative estimate of drug-likeness (QED) is 0.603. The van der Waals surface area contributed by atoms with Crippen LogP contribution in [0, 0.1) is 11.3 Å². The smallest absolute Gasteiger partial charge is 0.328 e. The van der Waals surface area contributed by atoms with Crippen molar-refractivity contribution in [3.8, 4) is 0 Å². The van der Waals surface area contributed by atoms with Crippen LogP contribution in [-0.2, 0) is 14.3 Å². The maximum Gasteiger partial charge on any atom is 0.328 e. The van der Waals surface area contributed by atoms with Gasteiger partial charge in [-0.15, -0.1) is 0 Å². The first-order valence-electron chi connectivity index (χ1n) is 7.55. The summed E-state index contributed by atoms with van der Waals surface area (Å²) >= 11 is 5.78. The summed E-state index contributed by atoms with van der Waals surface area (Å²) in [6, 6.07) is -1.16. The minimum atomic E-state index is -0.689. The van der Waals surface area contributed by atoms with E-state index in [0.717, 1.165) is 25.7 Å². The first kappa shape index (κ1) is 18.2. The van der Waals surface area contributed by atoms with Crippen LogP contribution < -0.4 is 10.2 Å². The summed E-state index contributed by atoms with van der Waals surface area (Å²) in [5.41, 5.74) is -0.424. The molecule has 6 heteroatoms. The number of carbonyl (C=O) groups is 2. The van der Waals surface area contributed by atoms with Crippen LogP contribution >= 0.6 is 11.8 Å². The third-order valence-electron chi connectivity index (χ3n) is 4.11. The van der Waals surface area contributed by atoms with Crippen molar-refractivity contribution in [2.24, 2.45) is 11.3 Å². The van der Waals surface area contributed by atoms with Crippen molar-refractivity contribution in [3.63, 3.8) is 0 Å². The van der Waals surface area contributed by atoms with Crippen LogP contribution in [-0.4, -0.2) is 31.1 Å². The molecule has 1 aliphatic rings. The average Bonchev–Trinajstić information content (AvgIpc) is 2.44. The van der Waals surface area contributed by atoms with E-state index < -0.39 is 23.5 Å². The molecule has 0 radical (unpaired) electrons. The zero-order chi connectivity index (χ0) is 16.0. The lowest BCUT2D eigenvalue weighted by Gasteiger charge is -2.33. The molecule has 0 saturated heterocycles. The van der Waals surface area contributed by atoms with Crippen LogP contribution in [0.15, 0.2) is 0 Å². The van der Waals surface area contributed by atoms with Gasteiger partial charge >= 0.3 is 5.97 Å². The lowest BCUT2D eigenvalue weighted by molar-refractivity contribution is -0.148. The van der Waals surface area contributed by atoms with E-state index in [9.17, 15) is 9.59 Å². The van der Waals surface area contributed by atoms with Crippen molar-refractivity contribution in [2.45, 2.75) is 65.0 Å². The van der Waals surface area contributed by atoms with E-state index in [4.69, 9.17) is 16.5 Å². The Kier molecular flexibility index (Phi) is 6.94. The number of ether oxygens (including phenoxy) is 1. The Bertz CT molecular complexity index is 362. The Morgan fingerprint density at radius 3 is 2.19 bits per heavy atom. The van der Waals surface area contributed by atoms with Crippen molar-refractivity contribution in [1.29, 1.82) is 0 Å². The van der Waals surface area contributed by atoms with Crippen molar-refractivity contribution in [2.75, 3.05) is 7.11 Å². The summed E-state index contributed by atoms with van der Waals surface area (Å²) < 4.78 is 4.79. The molecule has 0 aliphatic heterocycles. The minimum Gasteiger partial charge on any atom is -0.467 e. The molecule has 0 bridgehead atoms. The van der Waals surface area contributed by atoms with Gasteiger partial charge in [0, 0.05) is 0 Å². The normalized spacial score (nSPS) is 19.7. The van der Waals surface area contributed by atoms with Gasteiger partial charge in [-0.2, -0.15) is 0 Å². The number of carbonyl (C=O) groups excluding carboxylic acids is 2. The lowest BCUT2D eigenvalue weighted by Crippen LogP contribution is -2.55. The van der Waals surface area contributed by atoms with Crippen LogP contribution in [0.2, 0.25) is 0 Å². The van der Waals surface area contributed by atoms with E-state index in [-0.39, 0.29) is 11.8 Å². The second-order valence-electron chi connectivity index (χ2n) is 6.82. The number of esters is 1. The van der Waals surface area contributed by atoms with Gasteiger partial charge in [0.25, 0.3) is 0 Å². The van der Waals surface area contributed by atoms with Crippen LogP contribution in [0.25, 0.3) is 0 Å². The molecular formula is C15H27ClN2O3. The van der Waals surface area contributed by atoms with Crippen LogP contribution in [0.1, 0.15) is 52.9 Å². The third-order valence-corrected chi connectivity index (χ3v) is 4.35. The van der Waals surface area contributed by atoms with Gasteiger partial charge in [-0.1, -0.05) is 40.0 Å². The highest BCUT2D eigenvalue weighted by Gasteiger charge is 2.37. The number of methoxy groups -OCH3 is 1. The molecule has 0 spiro atoms. The molecule has 5 nitrogen and oxygen atoms in total. The van der Waals surface area contributed by atoms with E-state index in [1.54, 1.807) is 0 Å². The summed E-state index contributed by atoms with van der Waals surface area (Å²) in [6.45, 7) is 5.66. The van der Waals surface area contributed by atoms with Crippen LogP contribution in [0.5, 0.6) is 0 Å². The number of rotatable bonds is 5. The van der Waals surface area contributed by atoms with E-state index in [2.05, 4.69) is 10.2 Å². The molecule has 0 aromatic rings. The Hall–Kier alpha value is -0.810. The van der Waals surface area contributed by atoms with Gasteiger partial charge in [0.15, 0.2) is 0 Å². The molecule has 2 atom stereocenters. The molecule has 0 heterocycles. The van der Waals surface area contributed by atoms with Gasteiger partial charge in [-0.3, -0.25) is 4.79 Å². The molecule has 0 aromatic carbocycles. The minimum absolute atomic E-state index is 0.217. The van der Waals surface area contributed by atoms with E-state index in [1.165, 1.54) is 13.5 Å². The third kappa shape index (κ3) is 5.15. The SMILES string of the molecule is COC(=O)[C@@H](NC(=O)[C@@H](NCl)C1CCCCC1)C(C)(C)C. The molecule has 1 saturated carbocycles. The van der Waals surface area contributed by atoms with Gasteiger partial charge in [0.2, 0.25) is 5.91 Å². The first-order chi connectivity index (χ1) is 9.81. The lowest BCUT2D eigenvalue weighted by atomic mass is 9.83. The highest BCUT2D eigenvalue weighted by atomic mass is 35.5. The standard InChI is InChI=1S/C15H27ClN2O3/c1-15(2,3)12(14(20)21-4)17-13(19)11(18-16)10-8-6-5-7-9-10/h10-12,18H,5-9H2,1-4H3,(H,17,19)/t11-,12+/m0/s1. The number of hydrogen-bond acceptors (Lipinski definition) is 4. The van der Waals surface area contributed by atoms with Crippen LogP contribution in [0.4, 0.5) is 0 Å². The molecule has 1 aliphatic carbocycles. The summed E-state index contributed by atoms with van der Waals surface area (Å²) in [7, 11) is 1.33. The maximum absolute atomic E-state index is 12.5. The zero-order valence-corrected chi connectivity index (χ0v) is 14.1. The number of nitrogens with one attached hydrogen (secondary N) is 2. The topological polar surface area (TPSA) is 67.4 Å². The largest absolute Gasteiger partial charge is 0.467 e. The Morgan fingerprint density at radius 1 is 1.19 bits per heavy atom. The van der Waals surface area contributed by atoms with Crippen molar-refractivity contribution in [1.82, 2.24) is 10.2 Å². The van der Waals surface area contributed by atoms with E-state index in [1.807, 2.05) is 20.8 Å². The average molecular weight is 319 g/mol. The van der Waals surface area contributed by atoms with Gasteiger partial charge in [0.05, 0.1) is 7.11 Å². The molecule has 1 amide bonds. The van der Waals surface area contributed by atoms with Gasteiger partial charge in [-0.25, -0.2) is 9.63 Å². The monoisotopic (exact) mass is 318 g/mol. The Balaban J connectivity index is 2.76. The molecule has 0 unspecified atom stereocenters. The number of amides is 1. The van der Waals surface area contributed by atoms with Crippen molar-refractivity contribution >= 4 is 23.7 Å². The van der Waals surface area contributed by atoms with Gasteiger partial charge in [0.1, 0.15) is 12.1 Å². The Morgan fingerprint density at radius 2 is 1.76 bits per heavy atom. The van der Waals surface area contributed by atoms with Crippen LogP contribution in [0.3, 0.4) is 0 Å². The second kappa shape index (κ2) is 7.99. The first-order valence-corrected chi connectivity index (χ1v) is 7.93. The number of halogens is 1. The summed E-state index contributed by atoms with van der Waals surface area (Å²) in [6.07, 6.45) is 5.41. The number of hydrogen-bond donors (Lipinski definition) is 2. The fraction of sp³-hybridized carbons (Fsp3) is 0.867. The molecule has 0 aromatic heterocycles. The summed E-state index contributed by atoms with van der Waals surface area (Å²) in [4.78, 5) is 27.0. The fourth-order valence-electron chi connectivity index (χ4n) is 2.80. The maximum atomic E-state index is 12.5. The highest BCUT2D eigenvalue weighted by Crippen LogP contribution is 2.27. The second-order valence-corrected chi connectivity index (χ2v) is 7.03. The molecular weight excluding hydrogens is 292 g/mol.